The van der Waals surface area contributed by atoms with Crippen molar-refractivity contribution in [3.8, 4) is 0 Å². The lowest BCUT2D eigenvalue weighted by Crippen LogP contribution is -2.03. The minimum absolute atomic E-state index is 0.0914. The second-order valence-electron chi connectivity index (χ2n) is 2.70. The van der Waals surface area contributed by atoms with E-state index in [0.29, 0.717) is 6.29 Å². The van der Waals surface area contributed by atoms with Gasteiger partial charge in [-0.25, -0.2) is 9.38 Å². The predicted octanol–water partition coefficient (Wildman–Crippen LogP) is 1.81. The third-order valence-electron chi connectivity index (χ3n) is 1.59. The van der Waals surface area contributed by atoms with E-state index < -0.39 is 5.82 Å². The van der Waals surface area contributed by atoms with E-state index in [9.17, 15) is 9.18 Å². The molecule has 0 fully saturated rings. The highest BCUT2D eigenvalue weighted by Crippen LogP contribution is 2.07. The number of carbonyl (C=O) groups is 1. The highest BCUT2D eigenvalue weighted by atomic mass is 19.1. The van der Waals surface area contributed by atoms with Crippen LogP contribution >= 0.6 is 0 Å². The molecule has 14 heavy (non-hydrogen) atoms. The van der Waals surface area contributed by atoms with Crippen LogP contribution in [0.3, 0.4) is 0 Å². The summed E-state index contributed by atoms with van der Waals surface area (Å²) in [6.07, 6.45) is 0.523. The number of hydrogen-bond acceptors (Lipinski definition) is 2. The predicted molar refractivity (Wildman–Crippen MR) is 52.4 cm³/mol. The fourth-order valence-corrected chi connectivity index (χ4v) is 0.916. The highest BCUT2D eigenvalue weighted by Gasteiger charge is 2.05. The molecule has 0 radical (unpaired) electrons. The standard InChI is InChI=1S/C10H9FN2O/c1-7(6-14)13-10(12)8-4-2-3-5-9(8)11/h2-6,12H,1H3. The molecule has 0 amide bonds. The van der Waals surface area contributed by atoms with Crippen LogP contribution in [0, 0.1) is 11.2 Å². The molecule has 3 nitrogen and oxygen atoms in total. The Kier molecular flexibility index (Phi) is 3.23. The lowest BCUT2D eigenvalue weighted by atomic mass is 10.2. The van der Waals surface area contributed by atoms with Gasteiger partial charge in [0.05, 0.1) is 11.3 Å². The second-order valence-corrected chi connectivity index (χ2v) is 2.70. The third kappa shape index (κ3) is 2.32. The molecule has 0 unspecified atom stereocenters. The molecule has 0 aromatic heterocycles. The first-order valence-electron chi connectivity index (χ1n) is 3.99. The summed E-state index contributed by atoms with van der Waals surface area (Å²) in [5.74, 6) is -0.757. The fourth-order valence-electron chi connectivity index (χ4n) is 0.916. The number of rotatable bonds is 2. The van der Waals surface area contributed by atoms with Crippen LogP contribution in [-0.2, 0) is 4.79 Å². The Bertz CT molecular complexity index is 399. The van der Waals surface area contributed by atoms with Crippen LogP contribution in [0.4, 0.5) is 4.39 Å². The lowest BCUT2D eigenvalue weighted by Gasteiger charge is -1.99. The number of aldehydes is 1. The number of aliphatic imine (C=N–C) groups is 1. The van der Waals surface area contributed by atoms with Crippen molar-refractivity contribution in [1.29, 1.82) is 5.41 Å². The maximum absolute atomic E-state index is 13.1. The average Bonchev–Trinajstić information content (AvgIpc) is 2.18. The van der Waals surface area contributed by atoms with Crippen LogP contribution in [-0.4, -0.2) is 17.8 Å². The van der Waals surface area contributed by atoms with Gasteiger partial charge in [0.25, 0.3) is 0 Å². The number of carbonyl (C=O) groups excluding carboxylic acids is 1. The van der Waals surface area contributed by atoms with Crippen molar-refractivity contribution in [2.75, 3.05) is 0 Å². The molecule has 0 aliphatic rings. The quantitative estimate of drug-likeness (QED) is 0.433. The molecule has 72 valence electrons. The largest absolute Gasteiger partial charge is 0.297 e. The summed E-state index contributed by atoms with van der Waals surface area (Å²) in [6, 6.07) is 5.83. The molecule has 1 aromatic carbocycles. The number of amidine groups is 1. The fraction of sp³-hybridized carbons (Fsp3) is 0.100. The summed E-state index contributed by atoms with van der Waals surface area (Å²) >= 11 is 0. The van der Waals surface area contributed by atoms with Gasteiger partial charge in [-0.05, 0) is 19.1 Å². The Morgan fingerprint density at radius 2 is 2.14 bits per heavy atom. The van der Waals surface area contributed by atoms with Gasteiger partial charge in [0, 0.05) is 0 Å². The van der Waals surface area contributed by atoms with E-state index in [0.717, 1.165) is 0 Å². The summed E-state index contributed by atoms with van der Waals surface area (Å²) in [5, 5.41) is 7.42. The van der Waals surface area contributed by atoms with Crippen molar-refractivity contribution in [2.45, 2.75) is 6.92 Å². The van der Waals surface area contributed by atoms with Crippen LogP contribution < -0.4 is 0 Å². The van der Waals surface area contributed by atoms with Crippen molar-refractivity contribution in [2.24, 2.45) is 4.99 Å². The molecular formula is C10H9FN2O. The summed E-state index contributed by atoms with van der Waals surface area (Å²) in [7, 11) is 0. The van der Waals surface area contributed by atoms with Crippen molar-refractivity contribution in [1.82, 2.24) is 0 Å². The Labute approximate surface area is 80.8 Å². The van der Waals surface area contributed by atoms with Gasteiger partial charge in [-0.1, -0.05) is 12.1 Å². The minimum atomic E-state index is -0.514. The van der Waals surface area contributed by atoms with E-state index in [-0.39, 0.29) is 17.1 Å². The van der Waals surface area contributed by atoms with Gasteiger partial charge >= 0.3 is 0 Å². The van der Waals surface area contributed by atoms with Gasteiger partial charge in [0.15, 0.2) is 12.1 Å². The van der Waals surface area contributed by atoms with E-state index in [1.165, 1.54) is 25.1 Å². The first-order chi connectivity index (χ1) is 6.65. The summed E-state index contributed by atoms with van der Waals surface area (Å²) in [6.45, 7) is 1.46. The third-order valence-corrected chi connectivity index (χ3v) is 1.59. The monoisotopic (exact) mass is 192 g/mol. The molecule has 1 rings (SSSR count). The normalized spacial score (nSPS) is 11.1. The Morgan fingerprint density at radius 3 is 2.71 bits per heavy atom. The van der Waals surface area contributed by atoms with Gasteiger partial charge in [-0.2, -0.15) is 0 Å². The topological polar surface area (TPSA) is 53.3 Å². The van der Waals surface area contributed by atoms with Crippen molar-refractivity contribution >= 4 is 17.8 Å². The summed E-state index contributed by atoms with van der Waals surface area (Å²) in [4.78, 5) is 13.9. The smallest absolute Gasteiger partial charge is 0.164 e. The first-order valence-corrected chi connectivity index (χ1v) is 3.99. The number of nitrogens with zero attached hydrogens (tertiary/aromatic N) is 1. The van der Waals surface area contributed by atoms with Crippen LogP contribution in [0.1, 0.15) is 12.5 Å². The minimum Gasteiger partial charge on any atom is -0.297 e. The van der Waals surface area contributed by atoms with E-state index >= 15 is 0 Å². The number of nitrogens with one attached hydrogen (secondary N) is 1. The maximum atomic E-state index is 13.1. The summed E-state index contributed by atoms with van der Waals surface area (Å²) in [5.41, 5.74) is 0.243. The van der Waals surface area contributed by atoms with E-state index in [1.807, 2.05) is 0 Å². The van der Waals surface area contributed by atoms with Crippen LogP contribution in [0.5, 0.6) is 0 Å². The second kappa shape index (κ2) is 4.41. The summed E-state index contributed by atoms with van der Waals surface area (Å²) < 4.78 is 13.1. The number of benzene rings is 1. The van der Waals surface area contributed by atoms with Crippen molar-refractivity contribution in [3.05, 3.63) is 35.6 Å². The zero-order valence-electron chi connectivity index (χ0n) is 7.62. The van der Waals surface area contributed by atoms with Crippen LogP contribution in [0.2, 0.25) is 0 Å². The molecule has 4 heteroatoms. The van der Waals surface area contributed by atoms with Gasteiger partial charge in [0.2, 0.25) is 0 Å². The molecule has 1 aromatic rings. The number of hydrogen-bond donors (Lipinski definition) is 1. The molecule has 0 aliphatic carbocycles. The molecular weight excluding hydrogens is 183 g/mol. The molecule has 0 spiro atoms. The molecule has 0 saturated carbocycles. The van der Waals surface area contributed by atoms with Crippen LogP contribution in [0.25, 0.3) is 0 Å². The number of halogens is 1. The van der Waals surface area contributed by atoms with Crippen molar-refractivity contribution < 1.29 is 9.18 Å². The van der Waals surface area contributed by atoms with Gasteiger partial charge in [-0.15, -0.1) is 0 Å². The molecule has 0 heterocycles. The Morgan fingerprint density at radius 1 is 1.50 bits per heavy atom. The molecule has 0 atom stereocenters. The zero-order valence-corrected chi connectivity index (χ0v) is 7.62. The SMILES string of the molecule is CC(C=O)=NC(=N)c1ccccc1F. The molecule has 0 bridgehead atoms. The average molecular weight is 192 g/mol. The zero-order chi connectivity index (χ0) is 10.6. The van der Waals surface area contributed by atoms with Crippen molar-refractivity contribution in [3.63, 3.8) is 0 Å². The highest BCUT2D eigenvalue weighted by molar-refractivity contribution is 6.30. The lowest BCUT2D eigenvalue weighted by molar-refractivity contribution is -0.102. The molecule has 0 saturated heterocycles. The van der Waals surface area contributed by atoms with E-state index in [2.05, 4.69) is 4.99 Å². The maximum Gasteiger partial charge on any atom is 0.164 e. The van der Waals surface area contributed by atoms with Crippen LogP contribution in [0.15, 0.2) is 29.3 Å². The Balaban J connectivity index is 3.02. The molecule has 0 aliphatic heterocycles. The Hall–Kier alpha value is -1.84. The van der Waals surface area contributed by atoms with Gasteiger partial charge in [0.1, 0.15) is 5.82 Å². The molecule has 1 N–H and O–H groups in total. The van der Waals surface area contributed by atoms with Gasteiger partial charge in [-0.3, -0.25) is 10.2 Å². The first kappa shape index (κ1) is 10.2. The van der Waals surface area contributed by atoms with E-state index in [4.69, 9.17) is 5.41 Å². The van der Waals surface area contributed by atoms with E-state index in [1.54, 1.807) is 6.07 Å². The van der Waals surface area contributed by atoms with Gasteiger partial charge < -0.3 is 0 Å².